The highest BCUT2D eigenvalue weighted by Gasteiger charge is 2.43. The number of aromatic nitrogens is 3. The molecule has 0 saturated carbocycles. The smallest absolute Gasteiger partial charge is 0.396 e. The summed E-state index contributed by atoms with van der Waals surface area (Å²) in [5, 5.41) is 0. The maximum atomic E-state index is 5.58. The summed E-state index contributed by atoms with van der Waals surface area (Å²) in [7, 11) is 4.00. The molecule has 1 aliphatic heterocycles. The number of aryl methyl sites for hydroxylation is 2. The first-order valence-electron chi connectivity index (χ1n) is 7.09. The van der Waals surface area contributed by atoms with Gasteiger partial charge < -0.3 is 13.9 Å². The van der Waals surface area contributed by atoms with E-state index in [1.807, 2.05) is 43.5 Å². The van der Waals surface area contributed by atoms with E-state index in [1.54, 1.807) is 6.26 Å². The quantitative estimate of drug-likeness (QED) is 0.806. The summed E-state index contributed by atoms with van der Waals surface area (Å²) in [5.74, 6) is 1.03. The van der Waals surface area contributed by atoms with Crippen LogP contribution < -0.4 is 9.47 Å². The van der Waals surface area contributed by atoms with Crippen molar-refractivity contribution in [2.75, 3.05) is 4.90 Å². The molecule has 0 aromatic carbocycles. The monoisotopic (exact) mass is 288 g/mol. The first-order chi connectivity index (χ1) is 9.93. The van der Waals surface area contributed by atoms with Gasteiger partial charge in [0.25, 0.3) is 0 Å². The Bertz CT molecular complexity index is 669. The highest BCUT2D eigenvalue weighted by molar-refractivity contribution is 5.33. The summed E-state index contributed by atoms with van der Waals surface area (Å²) >= 11 is 0. The van der Waals surface area contributed by atoms with Gasteiger partial charge in [-0.15, -0.1) is 0 Å². The fourth-order valence-corrected chi connectivity index (χ4v) is 3.05. The van der Waals surface area contributed by atoms with Crippen LogP contribution >= 0.6 is 0 Å². The Balaban J connectivity index is 1.91. The highest BCUT2D eigenvalue weighted by atomic mass is 16.4. The minimum atomic E-state index is -0.214. The molecule has 0 bridgehead atoms. The third-order valence-electron chi connectivity index (χ3n) is 4.19. The Morgan fingerprint density at radius 3 is 2.67 bits per heavy atom. The molecule has 112 valence electrons. The van der Waals surface area contributed by atoms with E-state index in [-0.39, 0.29) is 11.7 Å². The van der Waals surface area contributed by atoms with E-state index in [9.17, 15) is 0 Å². The predicted molar refractivity (Wildman–Crippen MR) is 79.0 cm³/mol. The molecule has 3 rings (SSSR count). The molecule has 0 unspecified atom stereocenters. The molecular formula is C15H22N5O+. The molecule has 0 fully saturated rings. The fourth-order valence-electron chi connectivity index (χ4n) is 3.05. The molecule has 1 atom stereocenters. The normalized spacial score (nSPS) is 18.8. The molecular weight excluding hydrogens is 266 g/mol. The van der Waals surface area contributed by atoms with E-state index in [2.05, 4.69) is 46.3 Å². The van der Waals surface area contributed by atoms with E-state index in [0.29, 0.717) is 0 Å². The first kappa shape index (κ1) is 13.7. The van der Waals surface area contributed by atoms with Crippen LogP contribution in [0.15, 0.2) is 41.7 Å². The van der Waals surface area contributed by atoms with Crippen molar-refractivity contribution in [1.29, 1.82) is 0 Å². The van der Waals surface area contributed by atoms with Crippen LogP contribution in [0.4, 0.5) is 6.01 Å². The lowest BCUT2D eigenvalue weighted by atomic mass is 10.0. The van der Waals surface area contributed by atoms with Crippen LogP contribution in [0.1, 0.15) is 26.6 Å². The average molecular weight is 288 g/mol. The van der Waals surface area contributed by atoms with Crippen molar-refractivity contribution in [2.45, 2.75) is 32.5 Å². The average Bonchev–Trinajstić information content (AvgIpc) is 3.10. The lowest BCUT2D eigenvalue weighted by molar-refractivity contribution is -0.660. The van der Waals surface area contributed by atoms with Crippen LogP contribution in [-0.2, 0) is 19.6 Å². The van der Waals surface area contributed by atoms with E-state index >= 15 is 0 Å². The second-order valence-corrected chi connectivity index (χ2v) is 5.96. The molecule has 0 spiro atoms. The molecule has 2 aromatic rings. The summed E-state index contributed by atoms with van der Waals surface area (Å²) < 4.78 is 9.62. The summed E-state index contributed by atoms with van der Waals surface area (Å²) in [6, 6.07) is 0.817. The lowest BCUT2D eigenvalue weighted by Crippen LogP contribution is -2.49. The third kappa shape index (κ3) is 2.02. The molecule has 0 amide bonds. The Hall–Kier alpha value is -2.24. The zero-order valence-electron chi connectivity index (χ0n) is 13.2. The van der Waals surface area contributed by atoms with Crippen molar-refractivity contribution in [1.82, 2.24) is 14.5 Å². The van der Waals surface area contributed by atoms with Gasteiger partial charge >= 0.3 is 6.01 Å². The maximum Gasteiger partial charge on any atom is 0.462 e. The van der Waals surface area contributed by atoms with Gasteiger partial charge in [0.15, 0.2) is 6.17 Å². The van der Waals surface area contributed by atoms with Crippen molar-refractivity contribution < 1.29 is 8.98 Å². The number of imidazole rings is 1. The van der Waals surface area contributed by atoms with E-state index in [1.165, 1.54) is 0 Å². The van der Waals surface area contributed by atoms with Gasteiger partial charge in [-0.25, -0.2) is 9.55 Å². The van der Waals surface area contributed by atoms with Crippen LogP contribution in [0, 0.1) is 0 Å². The fraction of sp³-hybridized carbons (Fsp3) is 0.467. The second-order valence-electron chi connectivity index (χ2n) is 5.96. The number of oxazole rings is 1. The molecule has 6 heteroatoms. The Labute approximate surface area is 124 Å². The van der Waals surface area contributed by atoms with Gasteiger partial charge in [0, 0.05) is 25.6 Å². The van der Waals surface area contributed by atoms with Gasteiger partial charge in [0.05, 0.1) is 12.6 Å². The van der Waals surface area contributed by atoms with Crippen LogP contribution in [0.3, 0.4) is 0 Å². The number of nitrogens with zero attached hydrogens (tertiary/aromatic N) is 5. The molecule has 3 heterocycles. The Morgan fingerprint density at radius 2 is 2.10 bits per heavy atom. The predicted octanol–water partition coefficient (Wildman–Crippen LogP) is 1.71. The molecule has 0 N–H and O–H groups in total. The number of hydrogen-bond acceptors (Lipinski definition) is 4. The third-order valence-corrected chi connectivity index (χ3v) is 4.19. The summed E-state index contributed by atoms with van der Waals surface area (Å²) in [5.41, 5.74) is -0.214. The minimum Gasteiger partial charge on any atom is -0.396 e. The van der Waals surface area contributed by atoms with E-state index in [0.717, 1.165) is 11.8 Å². The first-order valence-corrected chi connectivity index (χ1v) is 7.09. The lowest BCUT2D eigenvalue weighted by Gasteiger charge is -2.37. The van der Waals surface area contributed by atoms with Crippen LogP contribution in [0.2, 0.25) is 0 Å². The van der Waals surface area contributed by atoms with Gasteiger partial charge in [-0.2, -0.15) is 4.90 Å². The van der Waals surface area contributed by atoms with Crippen molar-refractivity contribution >= 4 is 6.01 Å². The minimum absolute atomic E-state index is 0.147. The standard InChI is InChI=1S/C15H22N5O/c1-12-19(14-18(5)10-11-21-14)8-9-20(12)15(2,3)13-16-6-7-17(13)4/h6-12H,1-5H3/q+1/t12-/m1/s1. The van der Waals surface area contributed by atoms with Crippen molar-refractivity contribution in [3.8, 4) is 0 Å². The summed E-state index contributed by atoms with van der Waals surface area (Å²) in [6.45, 7) is 6.52. The van der Waals surface area contributed by atoms with Crippen LogP contribution in [0.5, 0.6) is 0 Å². The topological polar surface area (TPSA) is 41.3 Å². The molecule has 21 heavy (non-hydrogen) atoms. The van der Waals surface area contributed by atoms with E-state index < -0.39 is 0 Å². The Kier molecular flexibility index (Phi) is 3.04. The number of hydrogen-bond donors (Lipinski definition) is 0. The van der Waals surface area contributed by atoms with Crippen molar-refractivity contribution in [3.05, 3.63) is 43.1 Å². The zero-order valence-corrected chi connectivity index (χ0v) is 13.2. The van der Waals surface area contributed by atoms with Crippen LogP contribution in [-0.4, -0.2) is 20.6 Å². The van der Waals surface area contributed by atoms with Gasteiger partial charge in [0.2, 0.25) is 0 Å². The molecule has 0 saturated heterocycles. The molecule has 0 radical (unpaired) electrons. The summed E-state index contributed by atoms with van der Waals surface area (Å²) in [4.78, 5) is 8.92. The number of rotatable bonds is 3. The highest BCUT2D eigenvalue weighted by Crippen LogP contribution is 2.34. The van der Waals surface area contributed by atoms with Gasteiger partial charge in [-0.1, -0.05) is 0 Å². The van der Waals surface area contributed by atoms with Crippen molar-refractivity contribution in [3.63, 3.8) is 0 Å². The van der Waals surface area contributed by atoms with Gasteiger partial charge in [0.1, 0.15) is 24.5 Å². The summed E-state index contributed by atoms with van der Waals surface area (Å²) in [6.07, 6.45) is 11.7. The van der Waals surface area contributed by atoms with Crippen LogP contribution in [0.25, 0.3) is 0 Å². The van der Waals surface area contributed by atoms with Gasteiger partial charge in [-0.05, 0) is 20.8 Å². The van der Waals surface area contributed by atoms with Gasteiger partial charge in [-0.3, -0.25) is 0 Å². The van der Waals surface area contributed by atoms with Crippen molar-refractivity contribution in [2.24, 2.45) is 14.1 Å². The number of anilines is 1. The molecule has 1 aliphatic rings. The maximum absolute atomic E-state index is 5.58. The second kappa shape index (κ2) is 4.65. The largest absolute Gasteiger partial charge is 0.462 e. The molecule has 2 aromatic heterocycles. The van der Waals surface area contributed by atoms with E-state index in [4.69, 9.17) is 4.42 Å². The SMILES string of the molecule is C[C@@H]1N(c2occ[n+]2C)C=CN1C(C)(C)c1nccn1C. The Morgan fingerprint density at radius 1 is 1.33 bits per heavy atom. The zero-order chi connectivity index (χ0) is 15.2. The molecule has 0 aliphatic carbocycles. The molecule has 6 nitrogen and oxygen atoms in total.